The van der Waals surface area contributed by atoms with E-state index >= 15 is 0 Å². The Morgan fingerprint density at radius 2 is 1.64 bits per heavy atom. The molecule has 0 saturated heterocycles. The Labute approximate surface area is 148 Å². The Balaban J connectivity index is 2.40. The first kappa shape index (κ1) is 19.4. The highest BCUT2D eigenvalue weighted by molar-refractivity contribution is 7.92. The molecule has 0 bridgehead atoms. The number of benzene rings is 2. The van der Waals surface area contributed by atoms with E-state index in [1.807, 2.05) is 6.92 Å². The number of hydrogen-bond donors (Lipinski definition) is 0. The summed E-state index contributed by atoms with van der Waals surface area (Å²) in [5, 5.41) is 0. The van der Waals surface area contributed by atoms with E-state index in [0.29, 0.717) is 12.5 Å². The second-order valence-electron chi connectivity index (χ2n) is 6.05. The first-order valence-corrected chi connectivity index (χ1v) is 9.84. The summed E-state index contributed by atoms with van der Waals surface area (Å²) in [6, 6.07) is 9.36. The number of aryl methyl sites for hydroxylation is 1. The molecule has 0 fully saturated rings. The molecular weight excluding hydrogens is 344 g/mol. The molecule has 0 unspecified atom stereocenters. The van der Waals surface area contributed by atoms with Crippen molar-refractivity contribution in [3.8, 4) is 0 Å². The van der Waals surface area contributed by atoms with Gasteiger partial charge in [0.15, 0.2) is 0 Å². The average Bonchev–Trinajstić information content (AvgIpc) is 2.56. The van der Waals surface area contributed by atoms with Crippen LogP contribution in [0.3, 0.4) is 0 Å². The minimum absolute atomic E-state index is 0.0947. The lowest BCUT2D eigenvalue weighted by Gasteiger charge is -2.25. The molecule has 0 aliphatic carbocycles. The predicted octanol–water partition coefficient (Wildman–Crippen LogP) is 5.05. The molecule has 3 nitrogen and oxygen atoms in total. The third-order valence-electron chi connectivity index (χ3n) is 4.00. The van der Waals surface area contributed by atoms with Gasteiger partial charge in [0.2, 0.25) is 0 Å². The zero-order chi connectivity index (χ0) is 18.4. The quantitative estimate of drug-likeness (QED) is 0.612. The summed E-state index contributed by atoms with van der Waals surface area (Å²) in [4.78, 5) is 0.0947. The molecule has 0 heterocycles. The fraction of sp³-hybridized carbons (Fsp3) is 0.368. The van der Waals surface area contributed by atoms with Gasteiger partial charge in [0, 0.05) is 12.6 Å². The number of halogens is 2. The van der Waals surface area contributed by atoms with Gasteiger partial charge in [0.05, 0.1) is 10.6 Å². The summed E-state index contributed by atoms with van der Waals surface area (Å²) in [7, 11) is -3.92. The average molecular weight is 367 g/mol. The van der Waals surface area contributed by atoms with Crippen molar-refractivity contribution < 1.29 is 17.2 Å². The Morgan fingerprint density at radius 3 is 2.24 bits per heavy atom. The van der Waals surface area contributed by atoms with Crippen LogP contribution in [0.15, 0.2) is 47.4 Å². The van der Waals surface area contributed by atoms with Gasteiger partial charge in [-0.1, -0.05) is 43.9 Å². The second kappa shape index (κ2) is 8.43. The van der Waals surface area contributed by atoms with Crippen LogP contribution in [0, 0.1) is 18.6 Å². The van der Waals surface area contributed by atoms with Crippen LogP contribution in [0.1, 0.15) is 38.2 Å². The summed E-state index contributed by atoms with van der Waals surface area (Å²) in [5.41, 5.74) is 0.805. The van der Waals surface area contributed by atoms with Gasteiger partial charge in [-0.3, -0.25) is 4.31 Å². The molecule has 0 spiro atoms. The Hall–Kier alpha value is -1.95. The van der Waals surface area contributed by atoms with E-state index in [0.717, 1.165) is 35.2 Å². The maximum Gasteiger partial charge on any atom is 0.264 e. The SMILES string of the molecule is CCCCCCN(c1ccc(F)cc1F)S(=O)(=O)c1ccc(C)cc1. The third kappa shape index (κ3) is 4.78. The fourth-order valence-electron chi connectivity index (χ4n) is 2.57. The van der Waals surface area contributed by atoms with Gasteiger partial charge >= 0.3 is 0 Å². The van der Waals surface area contributed by atoms with Crippen LogP contribution in [-0.4, -0.2) is 15.0 Å². The third-order valence-corrected chi connectivity index (χ3v) is 5.83. The van der Waals surface area contributed by atoms with Crippen LogP contribution in [0.5, 0.6) is 0 Å². The molecule has 0 radical (unpaired) electrons. The number of nitrogens with zero attached hydrogens (tertiary/aromatic N) is 1. The summed E-state index contributed by atoms with van der Waals surface area (Å²) < 4.78 is 54.5. The fourth-order valence-corrected chi connectivity index (χ4v) is 4.08. The molecule has 2 aromatic rings. The van der Waals surface area contributed by atoms with E-state index in [4.69, 9.17) is 0 Å². The number of rotatable bonds is 8. The lowest BCUT2D eigenvalue weighted by Crippen LogP contribution is -2.32. The number of unbranched alkanes of at least 4 members (excludes halogenated alkanes) is 3. The van der Waals surface area contributed by atoms with Gasteiger partial charge in [-0.2, -0.15) is 0 Å². The summed E-state index contributed by atoms with van der Waals surface area (Å²) in [6.45, 7) is 4.07. The molecule has 0 aliphatic heterocycles. The van der Waals surface area contributed by atoms with Crippen LogP contribution in [0.4, 0.5) is 14.5 Å². The second-order valence-corrected chi connectivity index (χ2v) is 7.91. The highest BCUT2D eigenvalue weighted by atomic mass is 32.2. The van der Waals surface area contributed by atoms with Crippen molar-refractivity contribution in [2.75, 3.05) is 10.8 Å². The molecule has 2 aromatic carbocycles. The van der Waals surface area contributed by atoms with Gasteiger partial charge in [0.1, 0.15) is 11.6 Å². The normalized spacial score (nSPS) is 11.5. The Bertz CT molecular complexity index is 805. The highest BCUT2D eigenvalue weighted by Gasteiger charge is 2.26. The zero-order valence-electron chi connectivity index (χ0n) is 14.5. The van der Waals surface area contributed by atoms with Crippen molar-refractivity contribution >= 4 is 15.7 Å². The lowest BCUT2D eigenvalue weighted by atomic mass is 10.2. The molecule has 136 valence electrons. The highest BCUT2D eigenvalue weighted by Crippen LogP contribution is 2.27. The molecule has 0 atom stereocenters. The van der Waals surface area contributed by atoms with Crippen molar-refractivity contribution in [1.82, 2.24) is 0 Å². The van der Waals surface area contributed by atoms with Crippen LogP contribution in [-0.2, 0) is 10.0 Å². The largest absolute Gasteiger partial charge is 0.264 e. The minimum Gasteiger partial charge on any atom is -0.263 e. The van der Waals surface area contributed by atoms with E-state index < -0.39 is 21.7 Å². The lowest BCUT2D eigenvalue weighted by molar-refractivity contribution is 0.569. The van der Waals surface area contributed by atoms with Crippen molar-refractivity contribution in [2.45, 2.75) is 44.4 Å². The van der Waals surface area contributed by atoms with Gasteiger partial charge in [-0.05, 0) is 37.6 Å². The first-order chi connectivity index (χ1) is 11.9. The standard InChI is InChI=1S/C19H23F2NO2S/c1-3-4-5-6-13-22(19-12-9-16(20)14-18(19)21)25(23,24)17-10-7-15(2)8-11-17/h7-12,14H,3-6,13H2,1-2H3. The molecular formula is C19H23F2NO2S. The van der Waals surface area contributed by atoms with Crippen molar-refractivity contribution in [3.63, 3.8) is 0 Å². The molecule has 2 rings (SSSR count). The van der Waals surface area contributed by atoms with Gasteiger partial charge in [-0.15, -0.1) is 0 Å². The molecule has 0 aliphatic rings. The molecule has 25 heavy (non-hydrogen) atoms. The van der Waals surface area contributed by atoms with E-state index in [9.17, 15) is 17.2 Å². The maximum atomic E-state index is 14.2. The van der Waals surface area contributed by atoms with Gasteiger partial charge in [-0.25, -0.2) is 17.2 Å². The summed E-state index contributed by atoms with van der Waals surface area (Å²) in [5.74, 6) is -1.62. The zero-order valence-corrected chi connectivity index (χ0v) is 15.3. The smallest absolute Gasteiger partial charge is 0.263 e. The number of anilines is 1. The van der Waals surface area contributed by atoms with Crippen LogP contribution >= 0.6 is 0 Å². The van der Waals surface area contributed by atoms with E-state index in [2.05, 4.69) is 6.92 Å². The molecule has 0 N–H and O–H groups in total. The topological polar surface area (TPSA) is 37.4 Å². The van der Waals surface area contributed by atoms with E-state index in [1.165, 1.54) is 18.2 Å². The predicted molar refractivity (Wildman–Crippen MR) is 96.2 cm³/mol. The van der Waals surface area contributed by atoms with Crippen LogP contribution in [0.25, 0.3) is 0 Å². The summed E-state index contributed by atoms with van der Waals surface area (Å²) in [6.07, 6.45) is 3.44. The number of hydrogen-bond acceptors (Lipinski definition) is 2. The molecule has 0 saturated carbocycles. The monoisotopic (exact) mass is 367 g/mol. The van der Waals surface area contributed by atoms with Crippen molar-refractivity contribution in [1.29, 1.82) is 0 Å². The molecule has 6 heteroatoms. The van der Waals surface area contributed by atoms with Crippen LogP contribution in [0.2, 0.25) is 0 Å². The van der Waals surface area contributed by atoms with E-state index in [1.54, 1.807) is 12.1 Å². The number of sulfonamides is 1. The van der Waals surface area contributed by atoms with Gasteiger partial charge in [0.25, 0.3) is 10.0 Å². The Kier molecular flexibility index (Phi) is 6.53. The van der Waals surface area contributed by atoms with Crippen LogP contribution < -0.4 is 4.31 Å². The van der Waals surface area contributed by atoms with Gasteiger partial charge < -0.3 is 0 Å². The summed E-state index contributed by atoms with van der Waals surface area (Å²) >= 11 is 0. The Morgan fingerprint density at radius 1 is 0.960 bits per heavy atom. The first-order valence-electron chi connectivity index (χ1n) is 8.40. The molecule has 0 aromatic heterocycles. The minimum atomic E-state index is -3.92. The van der Waals surface area contributed by atoms with Crippen molar-refractivity contribution in [2.24, 2.45) is 0 Å². The molecule has 0 amide bonds. The van der Waals surface area contributed by atoms with Crippen molar-refractivity contribution in [3.05, 3.63) is 59.7 Å². The van der Waals surface area contributed by atoms with E-state index in [-0.39, 0.29) is 17.1 Å². The maximum absolute atomic E-state index is 14.2.